The van der Waals surface area contributed by atoms with Crippen LogP contribution >= 0.6 is 11.3 Å². The van der Waals surface area contributed by atoms with Gasteiger partial charge in [0.15, 0.2) is 0 Å². The maximum atomic E-state index is 11.7. The lowest BCUT2D eigenvalue weighted by Gasteiger charge is -2.31. The number of unbranched alkanes of at least 4 members (excludes halogenated alkanes) is 1. The Kier molecular flexibility index (Phi) is 15.6. The zero-order valence-electron chi connectivity index (χ0n) is 25.0. The highest BCUT2D eigenvalue weighted by atomic mass is 32.1. The van der Waals surface area contributed by atoms with Crippen molar-refractivity contribution in [2.24, 2.45) is 11.1 Å². The smallest absolute Gasteiger partial charge is 0.219 e. The Morgan fingerprint density at radius 3 is 2.62 bits per heavy atom. The van der Waals surface area contributed by atoms with Gasteiger partial charge in [0, 0.05) is 50.4 Å². The first-order valence-electron chi connectivity index (χ1n) is 14.6. The van der Waals surface area contributed by atoms with E-state index in [0.29, 0.717) is 12.0 Å². The molecule has 2 aliphatic rings. The second kappa shape index (κ2) is 18.6. The molecule has 0 radical (unpaired) electrons. The molecule has 1 aromatic heterocycles. The summed E-state index contributed by atoms with van der Waals surface area (Å²) in [4.78, 5) is 28.3. The molecule has 8 heteroatoms. The molecule has 1 saturated heterocycles. The standard InChI is InChI=1S/C17H28N2O.C13H14N2OS.C2H6O/c1-3-4-10-18-13-15-7-5-8-16(12-15)17-9-6-11-19(17)14(2)20;1-9-4-3-5-10(2)12(9)6-11-8-17-13(15-11)7-14-16;1-2-3/h5,7-8,16-18H,3-4,6,9-13H2,1-2H3;3-5,8H,6-7H2,1-2H3;3H,2H2,1H3. The van der Waals surface area contributed by atoms with E-state index < -0.39 is 0 Å². The molecule has 220 valence electrons. The molecule has 7 nitrogen and oxygen atoms in total. The molecule has 2 heterocycles. The predicted octanol–water partition coefficient (Wildman–Crippen LogP) is 6.51. The van der Waals surface area contributed by atoms with Crippen molar-refractivity contribution >= 4 is 17.2 Å². The van der Waals surface area contributed by atoms with E-state index in [2.05, 4.69) is 77.6 Å². The number of carbonyl (C=O) groups excluding carboxylic acids is 1. The number of aliphatic hydroxyl groups excluding tert-OH is 1. The lowest BCUT2D eigenvalue weighted by molar-refractivity contribution is -0.130. The number of nitrogens with one attached hydrogen (secondary N) is 1. The summed E-state index contributed by atoms with van der Waals surface area (Å²) in [5.41, 5.74) is 6.39. The van der Waals surface area contributed by atoms with Crippen molar-refractivity contribution in [1.82, 2.24) is 15.2 Å². The highest BCUT2D eigenvalue weighted by molar-refractivity contribution is 7.09. The zero-order chi connectivity index (χ0) is 29.3. The van der Waals surface area contributed by atoms with Crippen molar-refractivity contribution in [2.45, 2.75) is 85.7 Å². The highest BCUT2D eigenvalue weighted by Gasteiger charge is 2.32. The highest BCUT2D eigenvalue weighted by Crippen LogP contribution is 2.31. The number of nitroso groups, excluding NO2 is 1. The molecule has 2 N–H and O–H groups in total. The topological polar surface area (TPSA) is 94.9 Å². The van der Waals surface area contributed by atoms with Gasteiger partial charge in [0.2, 0.25) is 5.91 Å². The first-order valence-corrected chi connectivity index (χ1v) is 15.4. The number of amides is 1. The predicted molar refractivity (Wildman–Crippen MR) is 167 cm³/mol. The number of aryl methyl sites for hydroxylation is 2. The number of thiazole rings is 1. The number of rotatable bonds is 10. The van der Waals surface area contributed by atoms with Gasteiger partial charge in [0.1, 0.15) is 11.6 Å². The van der Waals surface area contributed by atoms with Crippen molar-refractivity contribution in [3.8, 4) is 0 Å². The fraction of sp³-hybridized carbons (Fsp3) is 0.562. The molecule has 2 aromatic rings. The molecule has 0 bridgehead atoms. The average Bonchev–Trinajstić information content (AvgIpc) is 3.60. The first kappa shape index (κ1) is 33.5. The summed E-state index contributed by atoms with van der Waals surface area (Å²) in [6.07, 6.45) is 13.4. The van der Waals surface area contributed by atoms with Gasteiger partial charge in [0.25, 0.3) is 0 Å². The van der Waals surface area contributed by atoms with Crippen molar-refractivity contribution in [3.63, 3.8) is 0 Å². The van der Waals surface area contributed by atoms with Gasteiger partial charge in [-0.3, -0.25) is 4.79 Å². The second-order valence-electron chi connectivity index (χ2n) is 10.4. The molecular formula is C32H48N4O3S. The Bertz CT molecular complexity index is 1090. The monoisotopic (exact) mass is 568 g/mol. The van der Waals surface area contributed by atoms with Crippen LogP contribution in [0.3, 0.4) is 0 Å². The summed E-state index contributed by atoms with van der Waals surface area (Å²) in [5.74, 6) is 0.743. The van der Waals surface area contributed by atoms with E-state index in [4.69, 9.17) is 5.11 Å². The number of carbonyl (C=O) groups is 1. The molecule has 1 amide bonds. The fourth-order valence-corrected chi connectivity index (χ4v) is 5.92. The maximum Gasteiger partial charge on any atom is 0.219 e. The summed E-state index contributed by atoms with van der Waals surface area (Å²) < 4.78 is 0. The van der Waals surface area contributed by atoms with Crippen LogP contribution in [-0.2, 0) is 17.8 Å². The molecule has 0 spiro atoms. The SMILES string of the molecule is CCCCNCC1=CC=CC(C2CCCN2C(C)=O)C1.CCO.Cc1cccc(C)c1Cc1csc(CN=O)n1. The maximum absolute atomic E-state index is 11.7. The van der Waals surface area contributed by atoms with Crippen molar-refractivity contribution in [1.29, 1.82) is 0 Å². The van der Waals surface area contributed by atoms with Gasteiger partial charge in [-0.2, -0.15) is 4.91 Å². The van der Waals surface area contributed by atoms with Gasteiger partial charge in [-0.15, -0.1) is 11.3 Å². The third-order valence-electron chi connectivity index (χ3n) is 7.25. The summed E-state index contributed by atoms with van der Waals surface area (Å²) in [6.45, 7) is 13.3. The van der Waals surface area contributed by atoms with E-state index in [0.717, 1.165) is 56.0 Å². The van der Waals surface area contributed by atoms with E-state index >= 15 is 0 Å². The van der Waals surface area contributed by atoms with Crippen molar-refractivity contribution in [2.75, 3.05) is 26.2 Å². The largest absolute Gasteiger partial charge is 0.397 e. The van der Waals surface area contributed by atoms with Crippen LogP contribution < -0.4 is 5.32 Å². The molecule has 2 unspecified atom stereocenters. The molecule has 1 aromatic carbocycles. The molecule has 1 aliphatic heterocycles. The molecule has 4 rings (SSSR count). The van der Waals surface area contributed by atoms with Gasteiger partial charge in [0.05, 0.1) is 5.69 Å². The minimum absolute atomic E-state index is 0.178. The quantitative estimate of drug-likeness (QED) is 0.252. The van der Waals surface area contributed by atoms with Gasteiger partial charge < -0.3 is 15.3 Å². The number of nitrogens with zero attached hydrogens (tertiary/aromatic N) is 3. The Morgan fingerprint density at radius 2 is 1.98 bits per heavy atom. The Morgan fingerprint density at radius 1 is 1.25 bits per heavy atom. The minimum atomic E-state index is 0.178. The number of hydrogen-bond acceptors (Lipinski definition) is 7. The minimum Gasteiger partial charge on any atom is -0.397 e. The van der Waals surface area contributed by atoms with Gasteiger partial charge in [-0.25, -0.2) is 4.98 Å². The summed E-state index contributed by atoms with van der Waals surface area (Å²) in [7, 11) is 0. The number of aliphatic hydroxyl groups is 1. The van der Waals surface area contributed by atoms with Gasteiger partial charge >= 0.3 is 0 Å². The van der Waals surface area contributed by atoms with Crippen LogP contribution in [0.15, 0.2) is 52.6 Å². The Hall–Kier alpha value is -2.68. The molecule has 40 heavy (non-hydrogen) atoms. The number of benzene rings is 1. The van der Waals surface area contributed by atoms with Crippen LogP contribution in [0.2, 0.25) is 0 Å². The van der Waals surface area contributed by atoms with Crippen LogP contribution in [0.25, 0.3) is 0 Å². The number of aromatic nitrogens is 1. The van der Waals surface area contributed by atoms with Crippen LogP contribution in [0, 0.1) is 24.7 Å². The molecule has 1 aliphatic carbocycles. The summed E-state index contributed by atoms with van der Waals surface area (Å²) >= 11 is 1.50. The molecule has 2 atom stereocenters. The summed E-state index contributed by atoms with van der Waals surface area (Å²) in [6, 6.07) is 6.71. The first-order chi connectivity index (χ1) is 19.3. The van der Waals surface area contributed by atoms with Crippen LogP contribution in [-0.4, -0.2) is 53.2 Å². The Labute approximate surface area is 244 Å². The lowest BCUT2D eigenvalue weighted by atomic mass is 9.87. The Balaban J connectivity index is 0.000000258. The van der Waals surface area contributed by atoms with E-state index in [1.807, 2.05) is 5.38 Å². The number of likely N-dealkylation sites (tertiary alicyclic amines) is 1. The van der Waals surface area contributed by atoms with E-state index in [1.165, 1.54) is 46.4 Å². The second-order valence-corrected chi connectivity index (χ2v) is 11.4. The van der Waals surface area contributed by atoms with E-state index in [-0.39, 0.29) is 19.1 Å². The van der Waals surface area contributed by atoms with E-state index in [1.54, 1.807) is 13.8 Å². The van der Waals surface area contributed by atoms with Gasteiger partial charge in [-0.1, -0.05) is 60.5 Å². The van der Waals surface area contributed by atoms with Crippen molar-refractivity contribution in [3.05, 3.63) is 79.7 Å². The molecule has 0 saturated carbocycles. The lowest BCUT2D eigenvalue weighted by Crippen LogP contribution is -2.39. The molecule has 1 fully saturated rings. The van der Waals surface area contributed by atoms with Crippen LogP contribution in [0.4, 0.5) is 0 Å². The van der Waals surface area contributed by atoms with Crippen LogP contribution in [0.1, 0.15) is 80.3 Å². The van der Waals surface area contributed by atoms with Crippen LogP contribution in [0.5, 0.6) is 0 Å². The van der Waals surface area contributed by atoms with Crippen molar-refractivity contribution < 1.29 is 9.90 Å². The number of hydrogen-bond donors (Lipinski definition) is 2. The fourth-order valence-electron chi connectivity index (χ4n) is 5.21. The normalized spacial score (nSPS) is 17.9. The van der Waals surface area contributed by atoms with E-state index in [9.17, 15) is 9.70 Å². The number of allylic oxidation sites excluding steroid dienone is 2. The average molecular weight is 569 g/mol. The third-order valence-corrected chi connectivity index (χ3v) is 8.13. The summed E-state index contributed by atoms with van der Waals surface area (Å²) in [5, 5.41) is 16.7. The molecular weight excluding hydrogens is 520 g/mol. The zero-order valence-corrected chi connectivity index (χ0v) is 25.8. The third kappa shape index (κ3) is 11.1. The van der Waals surface area contributed by atoms with Gasteiger partial charge in [-0.05, 0) is 69.7 Å².